The number of aliphatic carboxylic acids is 1. The van der Waals surface area contributed by atoms with Crippen LogP contribution in [-0.2, 0) is 4.79 Å². The van der Waals surface area contributed by atoms with Crippen molar-refractivity contribution in [2.45, 2.75) is 19.4 Å². The molecule has 2 aromatic carbocycles. The molecule has 2 aromatic rings. The van der Waals surface area contributed by atoms with E-state index in [1.54, 1.807) is 18.2 Å². The van der Waals surface area contributed by atoms with Gasteiger partial charge in [-0.15, -0.1) is 0 Å². The van der Waals surface area contributed by atoms with E-state index in [-0.39, 0.29) is 5.82 Å². The van der Waals surface area contributed by atoms with Crippen LogP contribution in [-0.4, -0.2) is 16.7 Å². The van der Waals surface area contributed by atoms with E-state index in [0.717, 1.165) is 28.3 Å². The molecule has 0 fully saturated rings. The summed E-state index contributed by atoms with van der Waals surface area (Å²) in [5, 5.41) is 9.00. The molecular weight excluding hydrogens is 307 g/mol. The van der Waals surface area contributed by atoms with Crippen LogP contribution in [0, 0.1) is 5.82 Å². The van der Waals surface area contributed by atoms with Gasteiger partial charge >= 0.3 is 5.97 Å². The van der Waals surface area contributed by atoms with Crippen LogP contribution in [0.25, 0.3) is 5.57 Å². The van der Waals surface area contributed by atoms with Crippen molar-refractivity contribution in [3.63, 3.8) is 0 Å². The third-order valence-corrected chi connectivity index (χ3v) is 3.96. The molecule has 3 nitrogen and oxygen atoms in total. The summed E-state index contributed by atoms with van der Waals surface area (Å²) in [7, 11) is 0. The molecular formula is C20H17FO3. The van der Waals surface area contributed by atoms with Gasteiger partial charge in [-0.05, 0) is 49.3 Å². The molecule has 4 heteroatoms. The molecule has 0 spiro atoms. The first kappa shape index (κ1) is 16.0. The standard InChI is InChI=1S/C20H17FO3/c1-20(2)16(11-12-18(22)23)19(13-7-9-14(21)10-8-13)15-5-3-4-6-17(15)24-20/h3-12H,1-2H3,(H,22,23)/b12-11+. The largest absolute Gasteiger partial charge is 0.482 e. The van der Waals surface area contributed by atoms with E-state index in [9.17, 15) is 9.18 Å². The van der Waals surface area contributed by atoms with Gasteiger partial charge in [-0.3, -0.25) is 0 Å². The van der Waals surface area contributed by atoms with Crippen LogP contribution in [0.2, 0.25) is 0 Å². The van der Waals surface area contributed by atoms with Crippen molar-refractivity contribution in [1.29, 1.82) is 0 Å². The Balaban J connectivity index is 2.31. The Morgan fingerprint density at radius 1 is 1.12 bits per heavy atom. The van der Waals surface area contributed by atoms with Gasteiger partial charge in [0.15, 0.2) is 0 Å². The van der Waals surface area contributed by atoms with Crippen molar-refractivity contribution in [2.24, 2.45) is 0 Å². The molecule has 1 heterocycles. The Hall–Kier alpha value is -2.88. The molecule has 0 unspecified atom stereocenters. The van der Waals surface area contributed by atoms with E-state index in [0.29, 0.717) is 5.75 Å². The van der Waals surface area contributed by atoms with Crippen molar-refractivity contribution >= 4 is 11.5 Å². The molecule has 1 N–H and O–H groups in total. The van der Waals surface area contributed by atoms with Crippen molar-refractivity contribution < 1.29 is 19.0 Å². The summed E-state index contributed by atoms with van der Waals surface area (Å²) in [5.41, 5.74) is 2.53. The molecule has 0 aliphatic carbocycles. The Morgan fingerprint density at radius 3 is 2.46 bits per heavy atom. The van der Waals surface area contributed by atoms with Crippen LogP contribution in [0.15, 0.2) is 66.3 Å². The van der Waals surface area contributed by atoms with Crippen LogP contribution >= 0.6 is 0 Å². The average molecular weight is 324 g/mol. The Bertz CT molecular complexity index is 845. The van der Waals surface area contributed by atoms with Gasteiger partial charge in [0.05, 0.1) is 0 Å². The number of hydrogen-bond donors (Lipinski definition) is 1. The molecule has 0 amide bonds. The van der Waals surface area contributed by atoms with Gasteiger partial charge in [-0.1, -0.05) is 30.3 Å². The second kappa shape index (κ2) is 5.96. The molecule has 0 saturated carbocycles. The Kier molecular flexibility index (Phi) is 3.97. The van der Waals surface area contributed by atoms with Crippen LogP contribution in [0.5, 0.6) is 5.75 Å². The lowest BCUT2D eigenvalue weighted by Gasteiger charge is -2.36. The van der Waals surface area contributed by atoms with E-state index in [4.69, 9.17) is 9.84 Å². The van der Waals surface area contributed by atoms with Gasteiger partial charge < -0.3 is 9.84 Å². The first-order valence-electron chi connectivity index (χ1n) is 7.58. The van der Waals surface area contributed by atoms with Crippen molar-refractivity contribution in [2.75, 3.05) is 0 Å². The van der Waals surface area contributed by atoms with Gasteiger partial charge in [-0.2, -0.15) is 0 Å². The Labute approximate surface area is 139 Å². The maximum atomic E-state index is 13.3. The monoisotopic (exact) mass is 324 g/mol. The fourth-order valence-electron chi connectivity index (χ4n) is 2.90. The van der Waals surface area contributed by atoms with E-state index in [2.05, 4.69) is 0 Å². The highest BCUT2D eigenvalue weighted by atomic mass is 19.1. The molecule has 0 radical (unpaired) electrons. The Morgan fingerprint density at radius 2 is 1.79 bits per heavy atom. The summed E-state index contributed by atoms with van der Waals surface area (Å²) in [6.45, 7) is 3.77. The first-order chi connectivity index (χ1) is 11.4. The minimum atomic E-state index is -1.03. The van der Waals surface area contributed by atoms with Crippen LogP contribution in [0.4, 0.5) is 4.39 Å². The summed E-state index contributed by atoms with van der Waals surface area (Å²) in [5.74, 6) is -0.633. The summed E-state index contributed by atoms with van der Waals surface area (Å²) in [6.07, 6.45) is 2.65. The van der Waals surface area contributed by atoms with E-state index in [1.807, 2.05) is 38.1 Å². The lowest BCUT2D eigenvalue weighted by Crippen LogP contribution is -2.34. The SMILES string of the molecule is CC1(C)Oc2ccccc2C(c2ccc(F)cc2)=C1/C=C/C(=O)O. The molecule has 1 aliphatic rings. The molecule has 0 bridgehead atoms. The number of carboxylic acid groups (broad SMARTS) is 1. The highest BCUT2D eigenvalue weighted by molar-refractivity contribution is 5.90. The normalized spacial score (nSPS) is 16.0. The quantitative estimate of drug-likeness (QED) is 0.849. The maximum Gasteiger partial charge on any atom is 0.328 e. The lowest BCUT2D eigenvalue weighted by atomic mass is 9.82. The topological polar surface area (TPSA) is 46.5 Å². The fraction of sp³-hybridized carbons (Fsp3) is 0.150. The second-order valence-corrected chi connectivity index (χ2v) is 6.08. The van der Waals surface area contributed by atoms with Gasteiger partial charge in [-0.25, -0.2) is 9.18 Å². The molecule has 3 rings (SSSR count). The smallest absolute Gasteiger partial charge is 0.328 e. The molecule has 1 aliphatic heterocycles. The number of hydrogen-bond acceptors (Lipinski definition) is 2. The summed E-state index contributed by atoms with van der Waals surface area (Å²) in [6, 6.07) is 13.7. The van der Waals surface area contributed by atoms with Gasteiger partial charge in [0, 0.05) is 17.2 Å². The number of rotatable bonds is 3. The average Bonchev–Trinajstić information content (AvgIpc) is 2.52. The van der Waals surface area contributed by atoms with Crippen molar-refractivity contribution in [3.8, 4) is 5.75 Å². The number of carboxylic acids is 1. The second-order valence-electron chi connectivity index (χ2n) is 6.08. The first-order valence-corrected chi connectivity index (χ1v) is 7.58. The zero-order chi connectivity index (χ0) is 17.3. The number of ether oxygens (including phenoxy) is 1. The third-order valence-electron chi connectivity index (χ3n) is 3.96. The molecule has 0 atom stereocenters. The predicted octanol–water partition coefficient (Wildman–Crippen LogP) is 4.44. The predicted molar refractivity (Wildman–Crippen MR) is 90.3 cm³/mol. The van der Waals surface area contributed by atoms with Crippen molar-refractivity contribution in [1.82, 2.24) is 0 Å². The number of fused-ring (bicyclic) bond motifs is 1. The zero-order valence-electron chi connectivity index (χ0n) is 13.4. The maximum absolute atomic E-state index is 13.3. The third kappa shape index (κ3) is 2.95. The van der Waals surface area contributed by atoms with Gasteiger partial charge in [0.1, 0.15) is 17.2 Å². The van der Waals surface area contributed by atoms with E-state index >= 15 is 0 Å². The fourth-order valence-corrected chi connectivity index (χ4v) is 2.90. The molecule has 24 heavy (non-hydrogen) atoms. The van der Waals surface area contributed by atoms with Gasteiger partial charge in [0.25, 0.3) is 0 Å². The van der Waals surface area contributed by atoms with E-state index in [1.165, 1.54) is 12.1 Å². The van der Waals surface area contributed by atoms with E-state index < -0.39 is 11.6 Å². The molecule has 0 saturated heterocycles. The van der Waals surface area contributed by atoms with Crippen LogP contribution in [0.3, 0.4) is 0 Å². The number of para-hydroxylation sites is 1. The number of halogens is 1. The lowest BCUT2D eigenvalue weighted by molar-refractivity contribution is -0.131. The van der Waals surface area contributed by atoms with Crippen LogP contribution < -0.4 is 4.74 Å². The zero-order valence-corrected chi connectivity index (χ0v) is 13.4. The summed E-state index contributed by atoms with van der Waals surface area (Å²) < 4.78 is 19.4. The summed E-state index contributed by atoms with van der Waals surface area (Å²) in [4.78, 5) is 11.0. The summed E-state index contributed by atoms with van der Waals surface area (Å²) >= 11 is 0. The minimum Gasteiger partial charge on any atom is -0.482 e. The number of benzene rings is 2. The highest BCUT2D eigenvalue weighted by Crippen LogP contribution is 2.44. The number of carbonyl (C=O) groups is 1. The molecule has 0 aromatic heterocycles. The van der Waals surface area contributed by atoms with Crippen molar-refractivity contribution in [3.05, 3.63) is 83.2 Å². The van der Waals surface area contributed by atoms with Gasteiger partial charge in [0.2, 0.25) is 0 Å². The molecule has 122 valence electrons. The highest BCUT2D eigenvalue weighted by Gasteiger charge is 2.34. The van der Waals surface area contributed by atoms with Crippen LogP contribution in [0.1, 0.15) is 25.0 Å². The minimum absolute atomic E-state index is 0.318.